The molecule has 21 heavy (non-hydrogen) atoms. The van der Waals surface area contributed by atoms with E-state index >= 15 is 0 Å². The van der Waals surface area contributed by atoms with Gasteiger partial charge in [0.2, 0.25) is 5.91 Å². The highest BCUT2D eigenvalue weighted by atomic mass is 16.2. The van der Waals surface area contributed by atoms with Gasteiger partial charge in [0.05, 0.1) is 0 Å². The highest BCUT2D eigenvalue weighted by Crippen LogP contribution is 2.09. The first-order valence-electron chi connectivity index (χ1n) is 8.15. The van der Waals surface area contributed by atoms with Crippen LogP contribution in [0.15, 0.2) is 4.99 Å². The van der Waals surface area contributed by atoms with Crippen LogP contribution in [-0.2, 0) is 4.79 Å². The summed E-state index contributed by atoms with van der Waals surface area (Å²) >= 11 is 0. The lowest BCUT2D eigenvalue weighted by Crippen LogP contribution is -2.41. The van der Waals surface area contributed by atoms with E-state index in [1.165, 1.54) is 0 Å². The maximum Gasteiger partial charge on any atom is 0.222 e. The number of hydrogen-bond acceptors (Lipinski definition) is 3. The summed E-state index contributed by atoms with van der Waals surface area (Å²) in [6, 6.07) is 0. The third-order valence-electron chi connectivity index (χ3n) is 3.70. The average Bonchev–Trinajstić information content (AvgIpc) is 2.88. The SMILES string of the molecule is CCNC(=NCCCN1CCCC1=O)NCCN(C)CC. The van der Waals surface area contributed by atoms with Crippen molar-refractivity contribution in [3.63, 3.8) is 0 Å². The first kappa shape index (κ1) is 17.8. The molecule has 2 N–H and O–H groups in total. The predicted molar refractivity (Wildman–Crippen MR) is 87.6 cm³/mol. The highest BCUT2D eigenvalue weighted by molar-refractivity contribution is 5.79. The lowest BCUT2D eigenvalue weighted by Gasteiger charge is -2.17. The van der Waals surface area contributed by atoms with Gasteiger partial charge in [0.1, 0.15) is 0 Å². The van der Waals surface area contributed by atoms with Gasteiger partial charge in [0.15, 0.2) is 5.96 Å². The zero-order valence-corrected chi connectivity index (χ0v) is 13.8. The Morgan fingerprint density at radius 3 is 2.81 bits per heavy atom. The molecule has 0 saturated carbocycles. The van der Waals surface area contributed by atoms with Gasteiger partial charge in [-0.1, -0.05) is 6.92 Å². The van der Waals surface area contributed by atoms with E-state index in [1.807, 2.05) is 4.90 Å². The average molecular weight is 297 g/mol. The van der Waals surface area contributed by atoms with Crippen molar-refractivity contribution in [3.8, 4) is 0 Å². The van der Waals surface area contributed by atoms with Gasteiger partial charge in [0, 0.05) is 45.7 Å². The quantitative estimate of drug-likeness (QED) is 0.370. The van der Waals surface area contributed by atoms with Crippen LogP contribution in [0.2, 0.25) is 0 Å². The molecule has 0 unspecified atom stereocenters. The monoisotopic (exact) mass is 297 g/mol. The summed E-state index contributed by atoms with van der Waals surface area (Å²) in [6.07, 6.45) is 2.66. The van der Waals surface area contributed by atoms with Crippen molar-refractivity contribution in [1.29, 1.82) is 0 Å². The molecule has 1 aliphatic heterocycles. The van der Waals surface area contributed by atoms with Crippen molar-refractivity contribution in [2.45, 2.75) is 33.1 Å². The fourth-order valence-corrected chi connectivity index (χ4v) is 2.26. The van der Waals surface area contributed by atoms with E-state index in [2.05, 4.69) is 41.4 Å². The van der Waals surface area contributed by atoms with E-state index in [-0.39, 0.29) is 0 Å². The van der Waals surface area contributed by atoms with Crippen LogP contribution in [-0.4, -0.2) is 74.5 Å². The zero-order chi connectivity index (χ0) is 15.5. The maximum absolute atomic E-state index is 11.5. The van der Waals surface area contributed by atoms with Crippen LogP contribution in [0.4, 0.5) is 0 Å². The lowest BCUT2D eigenvalue weighted by atomic mass is 10.4. The number of aliphatic imine (C=N–C) groups is 1. The van der Waals surface area contributed by atoms with Gasteiger partial charge < -0.3 is 20.4 Å². The molecule has 0 aliphatic carbocycles. The second-order valence-electron chi connectivity index (χ2n) is 5.42. The van der Waals surface area contributed by atoms with E-state index in [1.54, 1.807) is 0 Å². The molecule has 0 aromatic rings. The first-order chi connectivity index (χ1) is 10.2. The normalized spacial score (nSPS) is 15.9. The largest absolute Gasteiger partial charge is 0.357 e. The molecule has 0 spiro atoms. The molecule has 0 radical (unpaired) electrons. The Hall–Kier alpha value is -1.30. The fraction of sp³-hybridized carbons (Fsp3) is 0.867. The number of nitrogens with zero attached hydrogens (tertiary/aromatic N) is 3. The van der Waals surface area contributed by atoms with Crippen LogP contribution >= 0.6 is 0 Å². The summed E-state index contributed by atoms with van der Waals surface area (Å²) in [5.41, 5.74) is 0. The van der Waals surface area contributed by atoms with Crippen molar-refractivity contribution in [3.05, 3.63) is 0 Å². The van der Waals surface area contributed by atoms with Gasteiger partial charge in [-0.25, -0.2) is 0 Å². The van der Waals surface area contributed by atoms with Crippen molar-refractivity contribution >= 4 is 11.9 Å². The lowest BCUT2D eigenvalue weighted by molar-refractivity contribution is -0.127. The van der Waals surface area contributed by atoms with Crippen molar-refractivity contribution in [2.75, 3.05) is 52.9 Å². The van der Waals surface area contributed by atoms with Crippen LogP contribution in [0.3, 0.4) is 0 Å². The standard InChI is InChI=1S/C15H31N5O/c1-4-16-15(18-10-13-19(3)5-2)17-9-7-12-20-11-6-8-14(20)21/h4-13H2,1-3H3,(H2,16,17,18). The Morgan fingerprint density at radius 2 is 2.19 bits per heavy atom. The Morgan fingerprint density at radius 1 is 1.38 bits per heavy atom. The van der Waals surface area contributed by atoms with Gasteiger partial charge in [-0.3, -0.25) is 9.79 Å². The second-order valence-corrected chi connectivity index (χ2v) is 5.42. The molecule has 1 amide bonds. The number of likely N-dealkylation sites (tertiary alicyclic amines) is 1. The van der Waals surface area contributed by atoms with Crippen molar-refractivity contribution in [2.24, 2.45) is 4.99 Å². The molecule has 1 fully saturated rings. The molecule has 1 saturated heterocycles. The van der Waals surface area contributed by atoms with Crippen LogP contribution in [0.1, 0.15) is 33.1 Å². The van der Waals surface area contributed by atoms with Crippen LogP contribution in [0.5, 0.6) is 0 Å². The fourth-order valence-electron chi connectivity index (χ4n) is 2.26. The minimum absolute atomic E-state index is 0.298. The molecule has 0 aromatic carbocycles. The smallest absolute Gasteiger partial charge is 0.222 e. The summed E-state index contributed by atoms with van der Waals surface area (Å²) in [5.74, 6) is 1.17. The van der Waals surface area contributed by atoms with Gasteiger partial charge in [0.25, 0.3) is 0 Å². The summed E-state index contributed by atoms with van der Waals surface area (Å²) in [6.45, 7) is 10.5. The number of guanidine groups is 1. The van der Waals surface area contributed by atoms with E-state index < -0.39 is 0 Å². The van der Waals surface area contributed by atoms with Gasteiger partial charge in [-0.05, 0) is 33.4 Å². The highest BCUT2D eigenvalue weighted by Gasteiger charge is 2.18. The van der Waals surface area contributed by atoms with Crippen LogP contribution < -0.4 is 10.6 Å². The van der Waals surface area contributed by atoms with Gasteiger partial charge in [-0.15, -0.1) is 0 Å². The molecule has 1 aliphatic rings. The zero-order valence-electron chi connectivity index (χ0n) is 13.8. The van der Waals surface area contributed by atoms with Crippen LogP contribution in [0.25, 0.3) is 0 Å². The molecule has 6 heteroatoms. The summed E-state index contributed by atoms with van der Waals surface area (Å²) in [5, 5.41) is 6.59. The second kappa shape index (κ2) is 10.4. The minimum Gasteiger partial charge on any atom is -0.357 e. The summed E-state index contributed by atoms with van der Waals surface area (Å²) in [7, 11) is 2.11. The topological polar surface area (TPSA) is 60.0 Å². The number of carbonyl (C=O) groups is 1. The Bertz CT molecular complexity index is 332. The molecule has 0 aromatic heterocycles. The molecule has 0 bridgehead atoms. The van der Waals surface area contributed by atoms with Crippen LogP contribution in [0, 0.1) is 0 Å². The number of carbonyl (C=O) groups excluding carboxylic acids is 1. The third kappa shape index (κ3) is 7.32. The Labute approximate surface area is 129 Å². The molecular weight excluding hydrogens is 266 g/mol. The van der Waals surface area contributed by atoms with E-state index in [9.17, 15) is 4.79 Å². The van der Waals surface area contributed by atoms with Gasteiger partial charge >= 0.3 is 0 Å². The van der Waals surface area contributed by atoms with E-state index in [0.717, 1.165) is 71.0 Å². The molecule has 0 atom stereocenters. The summed E-state index contributed by atoms with van der Waals surface area (Å²) < 4.78 is 0. The number of amides is 1. The molecular formula is C15H31N5O. The minimum atomic E-state index is 0.298. The summed E-state index contributed by atoms with van der Waals surface area (Å²) in [4.78, 5) is 20.3. The number of rotatable bonds is 9. The Kier molecular flexibility index (Phi) is 8.82. The van der Waals surface area contributed by atoms with Crippen molar-refractivity contribution < 1.29 is 4.79 Å². The maximum atomic E-state index is 11.5. The molecule has 122 valence electrons. The van der Waals surface area contributed by atoms with Gasteiger partial charge in [-0.2, -0.15) is 0 Å². The van der Waals surface area contributed by atoms with E-state index in [4.69, 9.17) is 0 Å². The molecule has 1 rings (SSSR count). The number of hydrogen-bond donors (Lipinski definition) is 2. The van der Waals surface area contributed by atoms with Crippen molar-refractivity contribution in [1.82, 2.24) is 20.4 Å². The van der Waals surface area contributed by atoms with E-state index in [0.29, 0.717) is 5.91 Å². The first-order valence-corrected chi connectivity index (χ1v) is 8.15. The predicted octanol–water partition coefficient (Wildman–Crippen LogP) is 0.506. The molecule has 6 nitrogen and oxygen atoms in total. The third-order valence-corrected chi connectivity index (χ3v) is 3.70. The Balaban J connectivity index is 2.22. The number of nitrogens with one attached hydrogen (secondary N) is 2. The number of likely N-dealkylation sites (N-methyl/N-ethyl adjacent to an activating group) is 1. The molecule has 1 heterocycles.